The van der Waals surface area contributed by atoms with E-state index in [0.717, 1.165) is 0 Å². The molecule has 1 heterocycles. The quantitative estimate of drug-likeness (QED) is 0.924. The fraction of sp³-hybridized carbons (Fsp3) is 0.0833. The van der Waals surface area contributed by atoms with Crippen molar-refractivity contribution in [1.29, 1.82) is 0 Å². The maximum atomic E-state index is 13.4. The van der Waals surface area contributed by atoms with Crippen molar-refractivity contribution < 1.29 is 14.3 Å². The van der Waals surface area contributed by atoms with Crippen molar-refractivity contribution in [2.24, 2.45) is 7.05 Å². The Labute approximate surface area is 106 Å². The predicted molar refractivity (Wildman–Crippen MR) is 65.5 cm³/mol. The van der Waals surface area contributed by atoms with Gasteiger partial charge in [-0.2, -0.15) is 0 Å². The van der Waals surface area contributed by atoms with E-state index in [1.807, 2.05) is 0 Å². The van der Waals surface area contributed by atoms with E-state index in [1.54, 1.807) is 25.2 Å². The van der Waals surface area contributed by atoms with E-state index in [1.165, 1.54) is 16.7 Å². The topological polar surface area (TPSA) is 42.2 Å². The minimum absolute atomic E-state index is 0.170. The molecule has 3 nitrogen and oxygen atoms in total. The van der Waals surface area contributed by atoms with Gasteiger partial charge in [-0.1, -0.05) is 6.07 Å². The molecule has 1 N–H and O–H groups in total. The van der Waals surface area contributed by atoms with Gasteiger partial charge in [0.25, 0.3) is 0 Å². The van der Waals surface area contributed by atoms with Crippen LogP contribution in [0.25, 0.3) is 11.3 Å². The lowest BCUT2D eigenvalue weighted by atomic mass is 10.1. The Bertz CT molecular complexity index is 592. The number of hydrogen-bond donors (Lipinski definition) is 1. The van der Waals surface area contributed by atoms with Crippen LogP contribution in [0.1, 0.15) is 10.5 Å². The summed E-state index contributed by atoms with van der Waals surface area (Å²) in [5.74, 6) is -1.38. The number of hydrogen-bond acceptors (Lipinski definition) is 1. The van der Waals surface area contributed by atoms with Gasteiger partial charge < -0.3 is 9.67 Å². The first-order valence-electron chi connectivity index (χ1n) is 4.85. The largest absolute Gasteiger partial charge is 0.477 e. The highest BCUT2D eigenvalue weighted by molar-refractivity contribution is 9.10. The molecule has 2 aromatic rings. The summed E-state index contributed by atoms with van der Waals surface area (Å²) < 4.78 is 15.3. The third-order valence-electron chi connectivity index (χ3n) is 2.56. The molecule has 17 heavy (non-hydrogen) atoms. The zero-order valence-corrected chi connectivity index (χ0v) is 10.5. The van der Waals surface area contributed by atoms with E-state index >= 15 is 0 Å². The number of aromatic nitrogens is 1. The van der Waals surface area contributed by atoms with Crippen LogP contribution in [0, 0.1) is 5.82 Å². The predicted octanol–water partition coefficient (Wildman–Crippen LogP) is 3.29. The van der Waals surface area contributed by atoms with Crippen LogP contribution in [0.5, 0.6) is 0 Å². The Morgan fingerprint density at radius 1 is 1.35 bits per heavy atom. The molecule has 0 aliphatic carbocycles. The first kappa shape index (κ1) is 11.9. The van der Waals surface area contributed by atoms with E-state index in [2.05, 4.69) is 15.9 Å². The van der Waals surface area contributed by atoms with E-state index in [9.17, 15) is 9.18 Å². The highest BCUT2D eigenvalue weighted by atomic mass is 79.9. The average molecular weight is 298 g/mol. The summed E-state index contributed by atoms with van der Waals surface area (Å²) in [6.45, 7) is 0. The number of halogens is 2. The van der Waals surface area contributed by atoms with Gasteiger partial charge in [-0.25, -0.2) is 9.18 Å². The molecule has 0 spiro atoms. The van der Waals surface area contributed by atoms with Crippen molar-refractivity contribution in [3.8, 4) is 11.3 Å². The molecule has 1 aromatic heterocycles. The molecule has 0 radical (unpaired) electrons. The second-order valence-corrected chi connectivity index (χ2v) is 4.45. The minimum atomic E-state index is -1.00. The van der Waals surface area contributed by atoms with Crippen LogP contribution in [-0.4, -0.2) is 15.6 Å². The second kappa shape index (κ2) is 4.33. The fourth-order valence-corrected chi connectivity index (χ4v) is 1.92. The molecule has 0 aliphatic rings. The van der Waals surface area contributed by atoms with E-state index in [4.69, 9.17) is 5.11 Å². The van der Waals surface area contributed by atoms with Gasteiger partial charge in [0.05, 0.1) is 4.47 Å². The average Bonchev–Trinajstić information content (AvgIpc) is 2.64. The molecule has 5 heteroatoms. The molecule has 0 bridgehead atoms. The maximum Gasteiger partial charge on any atom is 0.352 e. The lowest BCUT2D eigenvalue weighted by molar-refractivity contribution is 0.0687. The van der Waals surface area contributed by atoms with Crippen LogP contribution >= 0.6 is 15.9 Å². The normalized spacial score (nSPS) is 10.5. The van der Waals surface area contributed by atoms with E-state index in [-0.39, 0.29) is 11.5 Å². The zero-order chi connectivity index (χ0) is 12.6. The maximum absolute atomic E-state index is 13.4. The standard InChI is InChI=1S/C12H9BrFNO2/c1-15-10(4-5-11(15)12(16)17)7-2-3-8(13)9(14)6-7/h2-6H,1H3,(H,16,17). The first-order valence-corrected chi connectivity index (χ1v) is 5.64. The summed E-state index contributed by atoms with van der Waals surface area (Å²) in [6, 6.07) is 7.85. The second-order valence-electron chi connectivity index (χ2n) is 3.60. The van der Waals surface area contributed by atoms with Gasteiger partial charge in [0, 0.05) is 18.3 Å². The molecule has 0 atom stereocenters. The number of benzene rings is 1. The molecule has 0 fully saturated rings. The Balaban J connectivity index is 2.53. The van der Waals surface area contributed by atoms with E-state index in [0.29, 0.717) is 15.7 Å². The van der Waals surface area contributed by atoms with Gasteiger partial charge in [-0.3, -0.25) is 0 Å². The van der Waals surface area contributed by atoms with Crippen LogP contribution in [0.3, 0.4) is 0 Å². The molecule has 0 amide bonds. The number of carboxylic acid groups (broad SMARTS) is 1. The van der Waals surface area contributed by atoms with Gasteiger partial charge >= 0.3 is 5.97 Å². The smallest absolute Gasteiger partial charge is 0.352 e. The number of carbonyl (C=O) groups is 1. The molecule has 0 saturated carbocycles. The number of nitrogens with zero attached hydrogens (tertiary/aromatic N) is 1. The number of carboxylic acids is 1. The third-order valence-corrected chi connectivity index (χ3v) is 3.20. The molecule has 0 aliphatic heterocycles. The summed E-state index contributed by atoms with van der Waals surface area (Å²) in [7, 11) is 1.64. The molecular formula is C12H9BrFNO2. The summed E-state index contributed by atoms with van der Waals surface area (Å²) in [5.41, 5.74) is 1.47. The summed E-state index contributed by atoms with van der Waals surface area (Å²) in [5, 5.41) is 8.92. The minimum Gasteiger partial charge on any atom is -0.477 e. The van der Waals surface area contributed by atoms with E-state index < -0.39 is 5.97 Å². The molecule has 1 aromatic carbocycles. The van der Waals surface area contributed by atoms with Crippen LogP contribution in [-0.2, 0) is 7.05 Å². The highest BCUT2D eigenvalue weighted by Crippen LogP contribution is 2.25. The molecule has 88 valence electrons. The Morgan fingerprint density at radius 2 is 2.06 bits per heavy atom. The lowest BCUT2D eigenvalue weighted by Crippen LogP contribution is -2.05. The molecular weight excluding hydrogens is 289 g/mol. The number of rotatable bonds is 2. The van der Waals surface area contributed by atoms with Crippen molar-refractivity contribution in [3.05, 3.63) is 46.3 Å². The van der Waals surface area contributed by atoms with Gasteiger partial charge in [-0.05, 0) is 40.2 Å². The molecule has 2 rings (SSSR count). The third kappa shape index (κ3) is 2.10. The van der Waals surface area contributed by atoms with Gasteiger partial charge in [0.15, 0.2) is 0 Å². The van der Waals surface area contributed by atoms with Crippen LogP contribution in [0.4, 0.5) is 4.39 Å². The summed E-state index contributed by atoms with van der Waals surface area (Å²) >= 11 is 3.07. The number of aromatic carboxylic acids is 1. The van der Waals surface area contributed by atoms with Gasteiger partial charge in [0.1, 0.15) is 11.5 Å². The summed E-state index contributed by atoms with van der Waals surface area (Å²) in [4.78, 5) is 10.9. The lowest BCUT2D eigenvalue weighted by Gasteiger charge is -2.06. The SMILES string of the molecule is Cn1c(C(=O)O)ccc1-c1ccc(Br)c(F)c1. The van der Waals surface area contributed by atoms with Crippen LogP contribution in [0.2, 0.25) is 0 Å². The Morgan fingerprint density at radius 3 is 2.59 bits per heavy atom. The van der Waals surface area contributed by atoms with Crippen molar-refractivity contribution in [2.75, 3.05) is 0 Å². The zero-order valence-electron chi connectivity index (χ0n) is 8.95. The van der Waals surface area contributed by atoms with Crippen molar-refractivity contribution >= 4 is 21.9 Å². The Kier molecular flexibility index (Phi) is 3.02. The molecule has 0 unspecified atom stereocenters. The highest BCUT2D eigenvalue weighted by Gasteiger charge is 2.12. The van der Waals surface area contributed by atoms with Gasteiger partial charge in [-0.15, -0.1) is 0 Å². The van der Waals surface area contributed by atoms with Crippen LogP contribution < -0.4 is 0 Å². The first-order chi connectivity index (χ1) is 8.00. The molecule has 0 saturated heterocycles. The van der Waals surface area contributed by atoms with Crippen molar-refractivity contribution in [3.63, 3.8) is 0 Å². The Hall–Kier alpha value is -1.62. The van der Waals surface area contributed by atoms with Crippen LogP contribution in [0.15, 0.2) is 34.8 Å². The van der Waals surface area contributed by atoms with Gasteiger partial charge in [0.2, 0.25) is 0 Å². The fourth-order valence-electron chi connectivity index (χ4n) is 1.67. The summed E-state index contributed by atoms with van der Waals surface area (Å²) in [6.07, 6.45) is 0. The van der Waals surface area contributed by atoms with Crippen molar-refractivity contribution in [2.45, 2.75) is 0 Å². The van der Waals surface area contributed by atoms with Crippen molar-refractivity contribution in [1.82, 2.24) is 4.57 Å². The monoisotopic (exact) mass is 297 g/mol.